The molecule has 110 valence electrons. The smallest absolute Gasteiger partial charge is 0.237 e. The van der Waals surface area contributed by atoms with E-state index in [0.717, 1.165) is 17.9 Å². The molecule has 0 aliphatic heterocycles. The number of carbonyl (C=O) groups is 1. The van der Waals surface area contributed by atoms with E-state index < -0.39 is 5.54 Å². The van der Waals surface area contributed by atoms with E-state index in [1.54, 1.807) is 7.05 Å². The third-order valence-corrected chi connectivity index (χ3v) is 3.86. The van der Waals surface area contributed by atoms with Crippen molar-refractivity contribution >= 4 is 5.91 Å². The summed E-state index contributed by atoms with van der Waals surface area (Å²) in [6.45, 7) is 2.59. The summed E-state index contributed by atoms with van der Waals surface area (Å²) in [6.07, 6.45) is 2.14. The van der Waals surface area contributed by atoms with Crippen molar-refractivity contribution in [2.24, 2.45) is 5.73 Å². The molecule has 0 saturated heterocycles. The number of rotatable bonds is 6. The summed E-state index contributed by atoms with van der Waals surface area (Å²) in [7, 11) is 1.77. The Kier molecular flexibility index (Phi) is 4.49. The van der Waals surface area contributed by atoms with Crippen molar-refractivity contribution in [3.63, 3.8) is 0 Å². The highest BCUT2D eigenvalue weighted by Gasteiger charge is 2.43. The maximum Gasteiger partial charge on any atom is 0.237 e. The summed E-state index contributed by atoms with van der Waals surface area (Å²) in [4.78, 5) is 11.6. The van der Waals surface area contributed by atoms with Crippen LogP contribution in [0.5, 0.6) is 11.5 Å². The van der Waals surface area contributed by atoms with Gasteiger partial charge in [0.25, 0.3) is 0 Å². The predicted molar refractivity (Wildman–Crippen MR) is 76.9 cm³/mol. The van der Waals surface area contributed by atoms with Crippen LogP contribution in [-0.2, 0) is 4.79 Å². The zero-order chi connectivity index (χ0) is 14.6. The highest BCUT2D eigenvalue weighted by Crippen LogP contribution is 2.32. The van der Waals surface area contributed by atoms with Crippen LogP contribution < -0.4 is 20.5 Å². The van der Waals surface area contributed by atoms with Crippen LogP contribution in [0.3, 0.4) is 0 Å². The molecular formula is C15H22N2O3. The second kappa shape index (κ2) is 6.13. The van der Waals surface area contributed by atoms with Crippen LogP contribution in [0.15, 0.2) is 24.3 Å². The fourth-order valence-electron chi connectivity index (χ4n) is 2.65. The molecular weight excluding hydrogens is 256 g/mol. The van der Waals surface area contributed by atoms with E-state index in [2.05, 4.69) is 5.32 Å². The van der Waals surface area contributed by atoms with Gasteiger partial charge in [0.1, 0.15) is 23.1 Å². The summed E-state index contributed by atoms with van der Waals surface area (Å²) in [5, 5.41) is 3.04. The standard InChI is InChI=1S/C15H22N2O3/c1-3-19-11-4-6-12(7-5-11)20-13-8-9-15(10-13,17-2)14(16)18/h4-7,13,17H,3,8-10H2,1-2H3,(H2,16,18). The Hall–Kier alpha value is -1.75. The van der Waals surface area contributed by atoms with Gasteiger partial charge in [0.15, 0.2) is 0 Å². The van der Waals surface area contributed by atoms with Crippen molar-refractivity contribution < 1.29 is 14.3 Å². The molecule has 0 heterocycles. The molecule has 5 heteroatoms. The van der Waals surface area contributed by atoms with Crippen LogP contribution in [0.25, 0.3) is 0 Å². The third-order valence-electron chi connectivity index (χ3n) is 3.86. The summed E-state index contributed by atoms with van der Waals surface area (Å²) >= 11 is 0. The van der Waals surface area contributed by atoms with Crippen molar-refractivity contribution in [2.45, 2.75) is 37.8 Å². The number of carbonyl (C=O) groups excluding carboxylic acids is 1. The highest BCUT2D eigenvalue weighted by atomic mass is 16.5. The fraction of sp³-hybridized carbons (Fsp3) is 0.533. The fourth-order valence-corrected chi connectivity index (χ4v) is 2.65. The van der Waals surface area contributed by atoms with E-state index in [4.69, 9.17) is 15.2 Å². The lowest BCUT2D eigenvalue weighted by Gasteiger charge is -2.24. The van der Waals surface area contributed by atoms with E-state index in [1.807, 2.05) is 31.2 Å². The lowest BCUT2D eigenvalue weighted by molar-refractivity contribution is -0.124. The minimum atomic E-state index is -0.629. The summed E-state index contributed by atoms with van der Waals surface area (Å²) in [5.41, 5.74) is 4.85. The van der Waals surface area contributed by atoms with Crippen LogP contribution in [0.2, 0.25) is 0 Å². The van der Waals surface area contributed by atoms with Crippen LogP contribution in [0, 0.1) is 0 Å². The predicted octanol–water partition coefficient (Wildman–Crippen LogP) is 1.46. The van der Waals surface area contributed by atoms with E-state index in [-0.39, 0.29) is 12.0 Å². The minimum absolute atomic E-state index is 0.00731. The second-order valence-electron chi connectivity index (χ2n) is 5.08. The molecule has 1 amide bonds. The van der Waals surface area contributed by atoms with Crippen LogP contribution in [-0.4, -0.2) is 31.2 Å². The minimum Gasteiger partial charge on any atom is -0.494 e. The first-order valence-electron chi connectivity index (χ1n) is 6.98. The van der Waals surface area contributed by atoms with Gasteiger partial charge in [-0.2, -0.15) is 0 Å². The van der Waals surface area contributed by atoms with Crippen molar-refractivity contribution in [1.29, 1.82) is 0 Å². The average Bonchev–Trinajstić information content (AvgIpc) is 2.86. The van der Waals surface area contributed by atoms with Gasteiger partial charge in [-0.1, -0.05) is 0 Å². The number of likely N-dealkylation sites (N-methyl/N-ethyl adjacent to an activating group) is 1. The SMILES string of the molecule is CCOc1ccc(OC2CCC(NC)(C(N)=O)C2)cc1. The molecule has 1 aromatic carbocycles. The summed E-state index contributed by atoms with van der Waals surface area (Å²) < 4.78 is 11.3. The van der Waals surface area contributed by atoms with Gasteiger partial charge in [-0.3, -0.25) is 4.79 Å². The number of amides is 1. The molecule has 1 aliphatic carbocycles. The Labute approximate surface area is 119 Å². The highest BCUT2D eigenvalue weighted by molar-refractivity contribution is 5.85. The third kappa shape index (κ3) is 3.04. The Bertz CT molecular complexity index is 461. The molecule has 0 radical (unpaired) electrons. The van der Waals surface area contributed by atoms with Gasteiger partial charge < -0.3 is 20.5 Å². The van der Waals surface area contributed by atoms with E-state index in [1.165, 1.54) is 0 Å². The topological polar surface area (TPSA) is 73.6 Å². The zero-order valence-corrected chi connectivity index (χ0v) is 12.0. The largest absolute Gasteiger partial charge is 0.494 e. The van der Waals surface area contributed by atoms with E-state index in [9.17, 15) is 4.79 Å². The first-order chi connectivity index (χ1) is 9.59. The molecule has 5 nitrogen and oxygen atoms in total. The van der Waals surface area contributed by atoms with Crippen molar-refractivity contribution in [2.75, 3.05) is 13.7 Å². The van der Waals surface area contributed by atoms with Crippen molar-refractivity contribution in [3.8, 4) is 11.5 Å². The number of hydrogen-bond donors (Lipinski definition) is 2. The number of primary amides is 1. The molecule has 0 bridgehead atoms. The first kappa shape index (κ1) is 14.7. The number of ether oxygens (including phenoxy) is 2. The molecule has 0 spiro atoms. The number of nitrogens with two attached hydrogens (primary N) is 1. The monoisotopic (exact) mass is 278 g/mol. The Morgan fingerprint density at radius 1 is 1.40 bits per heavy atom. The molecule has 1 fully saturated rings. The molecule has 2 unspecified atom stereocenters. The number of benzene rings is 1. The average molecular weight is 278 g/mol. The van der Waals surface area contributed by atoms with Crippen LogP contribution in [0.4, 0.5) is 0 Å². The Balaban J connectivity index is 1.96. The van der Waals surface area contributed by atoms with Crippen molar-refractivity contribution in [1.82, 2.24) is 5.32 Å². The summed E-state index contributed by atoms with van der Waals surface area (Å²) in [6, 6.07) is 7.53. The van der Waals surface area contributed by atoms with Crippen LogP contribution in [0.1, 0.15) is 26.2 Å². The van der Waals surface area contributed by atoms with Gasteiger partial charge >= 0.3 is 0 Å². The Morgan fingerprint density at radius 3 is 2.55 bits per heavy atom. The van der Waals surface area contributed by atoms with E-state index in [0.29, 0.717) is 19.4 Å². The molecule has 1 saturated carbocycles. The maximum absolute atomic E-state index is 11.6. The van der Waals surface area contributed by atoms with Gasteiger partial charge in [0.05, 0.1) is 6.61 Å². The molecule has 0 aromatic heterocycles. The first-order valence-corrected chi connectivity index (χ1v) is 6.98. The number of hydrogen-bond acceptors (Lipinski definition) is 4. The van der Waals surface area contributed by atoms with Gasteiger partial charge in [-0.25, -0.2) is 0 Å². The quantitative estimate of drug-likeness (QED) is 0.826. The molecule has 3 N–H and O–H groups in total. The maximum atomic E-state index is 11.6. The van der Waals surface area contributed by atoms with Crippen LogP contribution >= 0.6 is 0 Å². The summed E-state index contributed by atoms with van der Waals surface area (Å²) in [5.74, 6) is 1.31. The van der Waals surface area contributed by atoms with Gasteiger partial charge in [0.2, 0.25) is 5.91 Å². The van der Waals surface area contributed by atoms with Crippen molar-refractivity contribution in [3.05, 3.63) is 24.3 Å². The van der Waals surface area contributed by atoms with Gasteiger partial charge in [-0.05, 0) is 51.1 Å². The zero-order valence-electron chi connectivity index (χ0n) is 12.0. The normalized spacial score (nSPS) is 25.4. The second-order valence-corrected chi connectivity index (χ2v) is 5.08. The van der Waals surface area contributed by atoms with E-state index >= 15 is 0 Å². The lowest BCUT2D eigenvalue weighted by Crippen LogP contribution is -2.52. The number of nitrogens with one attached hydrogen (secondary N) is 1. The lowest BCUT2D eigenvalue weighted by atomic mass is 9.97. The van der Waals surface area contributed by atoms with Gasteiger partial charge in [-0.15, -0.1) is 0 Å². The molecule has 1 aliphatic rings. The molecule has 20 heavy (non-hydrogen) atoms. The molecule has 2 atom stereocenters. The Morgan fingerprint density at radius 2 is 2.05 bits per heavy atom. The molecule has 2 rings (SSSR count). The molecule has 1 aromatic rings. The van der Waals surface area contributed by atoms with Gasteiger partial charge in [0, 0.05) is 6.42 Å².